The minimum atomic E-state index is 0.0699. The summed E-state index contributed by atoms with van der Waals surface area (Å²) < 4.78 is 0.931. The zero-order chi connectivity index (χ0) is 19.5. The maximum absolute atomic E-state index is 12.2. The normalized spacial score (nSPS) is 12.6. The molecular weight excluding hydrogens is 374 g/mol. The number of likely N-dealkylation sites (N-methyl/N-ethyl adjacent to an activating group) is 1. The van der Waals surface area contributed by atoms with E-state index in [0.717, 1.165) is 41.7 Å². The van der Waals surface area contributed by atoms with Crippen LogP contribution in [0.15, 0.2) is 52.2 Å². The molecule has 1 aromatic carbocycles. The number of amides is 1. The lowest BCUT2D eigenvalue weighted by molar-refractivity contribution is -0.119. The first-order valence-corrected chi connectivity index (χ1v) is 11.3. The molecule has 0 spiro atoms. The van der Waals surface area contributed by atoms with Crippen molar-refractivity contribution in [2.45, 2.75) is 37.6 Å². The first-order chi connectivity index (χ1) is 13.1. The summed E-state index contributed by atoms with van der Waals surface area (Å²) in [6.45, 7) is 9.26. The highest BCUT2D eigenvalue weighted by Gasteiger charge is 2.11. The standard InChI is InChI=1S/C21H29N3OS2/c1-4-6-13-24(5-2)14-12-17(3)22-20(25)16-27-21-23-19(15-26-21)18-10-8-7-9-11-18/h4,6-11,15,17H,5,12-14,16H2,1-3H3,(H,22,25)/b6-4+. The van der Waals surface area contributed by atoms with Crippen molar-refractivity contribution in [3.8, 4) is 11.3 Å². The fourth-order valence-electron chi connectivity index (χ4n) is 2.59. The summed E-state index contributed by atoms with van der Waals surface area (Å²) in [5, 5.41) is 5.14. The number of thioether (sulfide) groups is 1. The molecule has 146 valence electrons. The van der Waals surface area contributed by atoms with Crippen LogP contribution in [-0.2, 0) is 4.79 Å². The van der Waals surface area contributed by atoms with E-state index >= 15 is 0 Å². The molecule has 1 aromatic heterocycles. The molecule has 0 saturated carbocycles. The van der Waals surface area contributed by atoms with Gasteiger partial charge in [-0.3, -0.25) is 9.69 Å². The van der Waals surface area contributed by atoms with Crippen LogP contribution in [0.2, 0.25) is 0 Å². The van der Waals surface area contributed by atoms with Crippen molar-refractivity contribution in [2.75, 3.05) is 25.4 Å². The van der Waals surface area contributed by atoms with Gasteiger partial charge in [-0.1, -0.05) is 61.2 Å². The zero-order valence-corrected chi connectivity index (χ0v) is 18.0. The predicted molar refractivity (Wildman–Crippen MR) is 117 cm³/mol. The Morgan fingerprint density at radius 1 is 1.37 bits per heavy atom. The van der Waals surface area contributed by atoms with Crippen LogP contribution in [-0.4, -0.2) is 47.2 Å². The molecule has 1 amide bonds. The Balaban J connectivity index is 1.72. The van der Waals surface area contributed by atoms with Crippen molar-refractivity contribution < 1.29 is 4.79 Å². The van der Waals surface area contributed by atoms with Gasteiger partial charge < -0.3 is 5.32 Å². The number of aromatic nitrogens is 1. The molecule has 1 heterocycles. The molecule has 0 aliphatic carbocycles. The van der Waals surface area contributed by atoms with Crippen molar-refractivity contribution in [3.63, 3.8) is 0 Å². The molecular formula is C21H29N3OS2. The molecule has 1 unspecified atom stereocenters. The van der Waals surface area contributed by atoms with E-state index in [1.807, 2.05) is 42.6 Å². The average molecular weight is 404 g/mol. The van der Waals surface area contributed by atoms with Gasteiger partial charge in [-0.15, -0.1) is 11.3 Å². The molecule has 4 nitrogen and oxygen atoms in total. The summed E-state index contributed by atoms with van der Waals surface area (Å²) in [4.78, 5) is 19.2. The van der Waals surface area contributed by atoms with E-state index in [0.29, 0.717) is 5.75 Å². The molecule has 0 aliphatic heterocycles. The molecule has 6 heteroatoms. The third-order valence-electron chi connectivity index (χ3n) is 4.21. The van der Waals surface area contributed by atoms with Gasteiger partial charge in [0.25, 0.3) is 0 Å². The number of hydrogen-bond donors (Lipinski definition) is 1. The monoisotopic (exact) mass is 403 g/mol. The van der Waals surface area contributed by atoms with Gasteiger partial charge >= 0.3 is 0 Å². The van der Waals surface area contributed by atoms with E-state index in [2.05, 4.69) is 41.2 Å². The van der Waals surface area contributed by atoms with E-state index < -0.39 is 0 Å². The van der Waals surface area contributed by atoms with E-state index in [9.17, 15) is 4.79 Å². The SMILES string of the molecule is C/C=C/CN(CC)CCC(C)NC(=O)CSc1nc(-c2ccccc2)cs1. The first-order valence-electron chi connectivity index (χ1n) is 9.39. The molecule has 1 N–H and O–H groups in total. The van der Waals surface area contributed by atoms with Gasteiger partial charge in [0, 0.05) is 30.1 Å². The van der Waals surface area contributed by atoms with Gasteiger partial charge in [0.1, 0.15) is 0 Å². The lowest BCUT2D eigenvalue weighted by Gasteiger charge is -2.21. The second kappa shape index (κ2) is 12.0. The smallest absolute Gasteiger partial charge is 0.230 e. The minimum Gasteiger partial charge on any atom is -0.353 e. The van der Waals surface area contributed by atoms with Crippen LogP contribution >= 0.6 is 23.1 Å². The van der Waals surface area contributed by atoms with Crippen molar-refractivity contribution in [1.82, 2.24) is 15.2 Å². The molecule has 0 saturated heterocycles. The molecule has 1 atom stereocenters. The van der Waals surface area contributed by atoms with Gasteiger partial charge in [0.15, 0.2) is 4.34 Å². The van der Waals surface area contributed by atoms with E-state index in [1.54, 1.807) is 11.3 Å². The average Bonchev–Trinajstić information content (AvgIpc) is 3.16. The maximum Gasteiger partial charge on any atom is 0.230 e. The van der Waals surface area contributed by atoms with Crippen molar-refractivity contribution in [1.29, 1.82) is 0 Å². The highest BCUT2D eigenvalue weighted by atomic mass is 32.2. The Bertz CT molecular complexity index is 715. The summed E-state index contributed by atoms with van der Waals surface area (Å²) in [6, 6.07) is 10.3. The van der Waals surface area contributed by atoms with Gasteiger partial charge in [0.05, 0.1) is 11.4 Å². The van der Waals surface area contributed by atoms with E-state index in [4.69, 9.17) is 0 Å². The Morgan fingerprint density at radius 3 is 2.85 bits per heavy atom. The third-order valence-corrected chi connectivity index (χ3v) is 6.23. The highest BCUT2D eigenvalue weighted by Crippen LogP contribution is 2.27. The van der Waals surface area contributed by atoms with Gasteiger partial charge in [-0.05, 0) is 26.8 Å². The first kappa shape index (κ1) is 21.7. The Hall–Kier alpha value is -1.63. The van der Waals surface area contributed by atoms with Crippen LogP contribution in [0.25, 0.3) is 11.3 Å². The quantitative estimate of drug-likeness (QED) is 0.436. The van der Waals surface area contributed by atoms with E-state index in [1.165, 1.54) is 11.8 Å². The van der Waals surface area contributed by atoms with Gasteiger partial charge in [0.2, 0.25) is 5.91 Å². The van der Waals surface area contributed by atoms with Gasteiger partial charge in [-0.25, -0.2) is 4.98 Å². The lowest BCUT2D eigenvalue weighted by atomic mass is 10.2. The number of hydrogen-bond acceptors (Lipinski definition) is 5. The van der Waals surface area contributed by atoms with Crippen molar-refractivity contribution in [2.24, 2.45) is 0 Å². The molecule has 27 heavy (non-hydrogen) atoms. The Labute approximate surface area is 171 Å². The van der Waals surface area contributed by atoms with Crippen molar-refractivity contribution >= 4 is 29.0 Å². The van der Waals surface area contributed by atoms with Crippen LogP contribution in [0.1, 0.15) is 27.2 Å². The fourth-order valence-corrected chi connectivity index (χ4v) is 4.24. The number of rotatable bonds is 11. The zero-order valence-electron chi connectivity index (χ0n) is 16.4. The van der Waals surface area contributed by atoms with Crippen LogP contribution in [0.4, 0.5) is 0 Å². The molecule has 2 aromatic rings. The number of carbonyl (C=O) groups is 1. The topological polar surface area (TPSA) is 45.2 Å². The molecule has 2 rings (SSSR count). The Kier molecular flexibility index (Phi) is 9.59. The fraction of sp³-hybridized carbons (Fsp3) is 0.429. The summed E-state index contributed by atoms with van der Waals surface area (Å²) in [6.07, 6.45) is 5.20. The van der Waals surface area contributed by atoms with Gasteiger partial charge in [-0.2, -0.15) is 0 Å². The molecule has 0 bridgehead atoms. The summed E-state index contributed by atoms with van der Waals surface area (Å²) in [5.41, 5.74) is 2.08. The lowest BCUT2D eigenvalue weighted by Crippen LogP contribution is -2.37. The largest absolute Gasteiger partial charge is 0.353 e. The Morgan fingerprint density at radius 2 is 2.15 bits per heavy atom. The van der Waals surface area contributed by atoms with Crippen LogP contribution in [0.3, 0.4) is 0 Å². The second-order valence-electron chi connectivity index (χ2n) is 6.37. The number of nitrogens with zero attached hydrogens (tertiary/aromatic N) is 2. The number of allylic oxidation sites excluding steroid dienone is 1. The molecule has 0 radical (unpaired) electrons. The predicted octanol–water partition coefficient (Wildman–Crippen LogP) is 4.70. The number of nitrogens with one attached hydrogen (secondary N) is 1. The van der Waals surface area contributed by atoms with Crippen molar-refractivity contribution in [3.05, 3.63) is 47.9 Å². The van der Waals surface area contributed by atoms with Crippen LogP contribution in [0.5, 0.6) is 0 Å². The summed E-state index contributed by atoms with van der Waals surface area (Å²) >= 11 is 3.09. The molecule has 0 fully saturated rings. The number of benzene rings is 1. The van der Waals surface area contributed by atoms with Crippen LogP contribution in [0, 0.1) is 0 Å². The minimum absolute atomic E-state index is 0.0699. The second-order valence-corrected chi connectivity index (χ2v) is 8.45. The third kappa shape index (κ3) is 7.87. The highest BCUT2D eigenvalue weighted by molar-refractivity contribution is 8.01. The maximum atomic E-state index is 12.2. The van der Waals surface area contributed by atoms with Crippen LogP contribution < -0.4 is 5.32 Å². The molecule has 0 aliphatic rings. The van der Waals surface area contributed by atoms with E-state index in [-0.39, 0.29) is 11.9 Å². The number of thiazole rings is 1. The number of carbonyl (C=O) groups excluding carboxylic acids is 1. The summed E-state index contributed by atoms with van der Waals surface area (Å²) in [5.74, 6) is 0.475. The summed E-state index contributed by atoms with van der Waals surface area (Å²) in [7, 11) is 0.